The highest BCUT2D eigenvalue weighted by Gasteiger charge is 2.27. The van der Waals surface area contributed by atoms with Crippen molar-refractivity contribution in [3.05, 3.63) is 28.8 Å². The summed E-state index contributed by atoms with van der Waals surface area (Å²) in [5.41, 5.74) is 7.44. The number of nitrogens with two attached hydrogens (primary N) is 1. The Morgan fingerprint density at radius 3 is 2.65 bits per heavy atom. The molecule has 0 spiro atoms. The number of halogens is 1. The predicted molar refractivity (Wildman–Crippen MR) is 91.5 cm³/mol. The molecule has 2 atom stereocenters. The molecule has 2 unspecified atom stereocenters. The van der Waals surface area contributed by atoms with E-state index in [0.29, 0.717) is 22.0 Å². The third kappa shape index (κ3) is 3.64. The van der Waals surface area contributed by atoms with Gasteiger partial charge in [0.15, 0.2) is 0 Å². The third-order valence-corrected chi connectivity index (χ3v) is 4.82. The van der Waals surface area contributed by atoms with Gasteiger partial charge in [-0.3, -0.25) is 0 Å². The van der Waals surface area contributed by atoms with Crippen LogP contribution in [0.15, 0.2) is 18.2 Å². The lowest BCUT2D eigenvalue weighted by Crippen LogP contribution is -2.35. The predicted octanol–water partition coefficient (Wildman–Crippen LogP) is 4.60. The third-order valence-electron chi connectivity index (χ3n) is 4.27. The smallest absolute Gasteiger partial charge is 0.104 e. The van der Waals surface area contributed by atoms with Gasteiger partial charge in [-0.15, -0.1) is 0 Å². The monoisotopic (exact) mass is 310 g/mol. The molecule has 1 aliphatic rings. The molecule has 1 aliphatic carbocycles. The van der Waals surface area contributed by atoms with Crippen molar-refractivity contribution in [3.8, 4) is 0 Å². The molecule has 0 bridgehead atoms. The van der Waals surface area contributed by atoms with Gasteiger partial charge in [-0.05, 0) is 42.9 Å². The van der Waals surface area contributed by atoms with Crippen LogP contribution < -0.4 is 11.1 Å². The number of thiocarbonyl (C=S) groups is 1. The maximum Gasteiger partial charge on any atom is 0.104 e. The highest BCUT2D eigenvalue weighted by Crippen LogP contribution is 2.34. The first kappa shape index (κ1) is 15.6. The van der Waals surface area contributed by atoms with Crippen molar-refractivity contribution in [1.82, 2.24) is 0 Å². The average molecular weight is 311 g/mol. The van der Waals surface area contributed by atoms with E-state index in [1.807, 2.05) is 18.2 Å². The highest BCUT2D eigenvalue weighted by molar-refractivity contribution is 7.80. The van der Waals surface area contributed by atoms with E-state index in [1.54, 1.807) is 0 Å². The van der Waals surface area contributed by atoms with Crippen LogP contribution >= 0.6 is 23.8 Å². The summed E-state index contributed by atoms with van der Waals surface area (Å²) in [6, 6.07) is 6.28. The molecule has 1 fully saturated rings. The largest absolute Gasteiger partial charge is 0.389 e. The average Bonchev–Trinajstić information content (AvgIpc) is 2.41. The van der Waals surface area contributed by atoms with E-state index in [2.05, 4.69) is 19.2 Å². The summed E-state index contributed by atoms with van der Waals surface area (Å²) >= 11 is 11.3. The number of hydrogen-bond acceptors (Lipinski definition) is 2. The van der Waals surface area contributed by atoms with Crippen molar-refractivity contribution in [2.75, 3.05) is 5.32 Å². The summed E-state index contributed by atoms with van der Waals surface area (Å²) in [6.45, 7) is 4.62. The molecule has 2 rings (SSSR count). The first-order valence-corrected chi connectivity index (χ1v) is 8.13. The lowest BCUT2D eigenvalue weighted by Gasteiger charge is -2.35. The second kappa shape index (κ2) is 6.77. The molecule has 3 N–H and O–H groups in total. The Morgan fingerprint density at radius 2 is 2.05 bits per heavy atom. The molecule has 0 aromatic heterocycles. The molecule has 1 aromatic rings. The fraction of sp³-hybridized carbons (Fsp3) is 0.562. The van der Waals surface area contributed by atoms with Crippen LogP contribution in [-0.4, -0.2) is 11.0 Å². The quantitative estimate of drug-likeness (QED) is 0.798. The molecular formula is C16H23ClN2S. The topological polar surface area (TPSA) is 38.0 Å². The zero-order chi connectivity index (χ0) is 14.7. The molecule has 1 aromatic carbocycles. The Bertz CT molecular complexity index is 487. The fourth-order valence-corrected chi connectivity index (χ4v) is 3.48. The van der Waals surface area contributed by atoms with E-state index < -0.39 is 0 Å². The van der Waals surface area contributed by atoms with Gasteiger partial charge in [0.25, 0.3) is 0 Å². The molecule has 0 radical (unpaired) electrons. The summed E-state index contributed by atoms with van der Waals surface area (Å²) in [4.78, 5) is 0.385. The summed E-state index contributed by atoms with van der Waals surface area (Å²) in [5.74, 6) is 1.41. The molecule has 2 nitrogen and oxygen atoms in total. The molecule has 0 aliphatic heterocycles. The van der Waals surface area contributed by atoms with Crippen LogP contribution in [0.3, 0.4) is 0 Å². The lowest BCUT2D eigenvalue weighted by atomic mass is 9.78. The van der Waals surface area contributed by atoms with Gasteiger partial charge in [-0.2, -0.15) is 0 Å². The second-order valence-electron chi connectivity index (χ2n) is 6.00. The maximum absolute atomic E-state index is 6.34. The molecular weight excluding hydrogens is 288 g/mol. The van der Waals surface area contributed by atoms with Gasteiger partial charge in [0.2, 0.25) is 0 Å². The number of nitrogens with one attached hydrogen (secondary N) is 1. The SMILES string of the molecule is CC(C)C1CCCCC1Nc1ccc(C(N)=S)cc1Cl. The molecule has 0 saturated heterocycles. The molecule has 20 heavy (non-hydrogen) atoms. The molecule has 4 heteroatoms. The number of rotatable bonds is 4. The maximum atomic E-state index is 6.34. The van der Waals surface area contributed by atoms with Gasteiger partial charge in [0, 0.05) is 11.6 Å². The number of benzene rings is 1. The molecule has 0 heterocycles. The lowest BCUT2D eigenvalue weighted by molar-refractivity contribution is 0.254. The van der Waals surface area contributed by atoms with E-state index in [-0.39, 0.29) is 0 Å². The van der Waals surface area contributed by atoms with Crippen LogP contribution in [0, 0.1) is 11.8 Å². The summed E-state index contributed by atoms with van der Waals surface area (Å²) in [6.07, 6.45) is 5.16. The van der Waals surface area contributed by atoms with Crippen molar-refractivity contribution >= 4 is 34.5 Å². The van der Waals surface area contributed by atoms with Gasteiger partial charge in [0.1, 0.15) is 4.99 Å². The Labute approximate surface area is 132 Å². The molecule has 110 valence electrons. The van der Waals surface area contributed by atoms with Crippen LogP contribution in [-0.2, 0) is 0 Å². The van der Waals surface area contributed by atoms with E-state index in [9.17, 15) is 0 Å². The zero-order valence-electron chi connectivity index (χ0n) is 12.2. The minimum absolute atomic E-state index is 0.385. The van der Waals surface area contributed by atoms with Crippen LogP contribution in [0.2, 0.25) is 5.02 Å². The Hall–Kier alpha value is -0.800. The van der Waals surface area contributed by atoms with Crippen LogP contribution in [0.5, 0.6) is 0 Å². The molecule has 1 saturated carbocycles. The van der Waals surface area contributed by atoms with E-state index in [4.69, 9.17) is 29.6 Å². The van der Waals surface area contributed by atoms with Gasteiger partial charge in [-0.1, -0.05) is 50.5 Å². The van der Waals surface area contributed by atoms with Crippen molar-refractivity contribution < 1.29 is 0 Å². The summed E-state index contributed by atoms with van der Waals surface area (Å²) < 4.78 is 0. The van der Waals surface area contributed by atoms with Crippen LogP contribution in [0.4, 0.5) is 5.69 Å². The normalized spacial score (nSPS) is 22.8. The minimum Gasteiger partial charge on any atom is -0.389 e. The van der Waals surface area contributed by atoms with Crippen molar-refractivity contribution in [2.24, 2.45) is 17.6 Å². The van der Waals surface area contributed by atoms with E-state index >= 15 is 0 Å². The van der Waals surface area contributed by atoms with Gasteiger partial charge >= 0.3 is 0 Å². The number of anilines is 1. The highest BCUT2D eigenvalue weighted by atomic mass is 35.5. The Balaban J connectivity index is 2.14. The second-order valence-corrected chi connectivity index (χ2v) is 6.85. The Kier molecular flexibility index (Phi) is 5.28. The van der Waals surface area contributed by atoms with E-state index in [1.165, 1.54) is 25.7 Å². The summed E-state index contributed by atoms with van der Waals surface area (Å²) in [7, 11) is 0. The van der Waals surface area contributed by atoms with Gasteiger partial charge in [0.05, 0.1) is 10.7 Å². The fourth-order valence-electron chi connectivity index (χ4n) is 3.12. The van der Waals surface area contributed by atoms with Gasteiger partial charge < -0.3 is 11.1 Å². The van der Waals surface area contributed by atoms with Crippen LogP contribution in [0.1, 0.15) is 45.1 Å². The van der Waals surface area contributed by atoms with Crippen molar-refractivity contribution in [1.29, 1.82) is 0 Å². The minimum atomic E-state index is 0.385. The van der Waals surface area contributed by atoms with Crippen LogP contribution in [0.25, 0.3) is 0 Å². The molecule has 0 amide bonds. The van der Waals surface area contributed by atoms with Crippen molar-refractivity contribution in [3.63, 3.8) is 0 Å². The number of hydrogen-bond donors (Lipinski definition) is 2. The van der Waals surface area contributed by atoms with Crippen molar-refractivity contribution in [2.45, 2.75) is 45.6 Å². The van der Waals surface area contributed by atoms with E-state index in [0.717, 1.165) is 17.2 Å². The van der Waals surface area contributed by atoms with Gasteiger partial charge in [-0.25, -0.2) is 0 Å². The first-order valence-electron chi connectivity index (χ1n) is 7.35. The summed E-state index contributed by atoms with van der Waals surface area (Å²) in [5, 5.41) is 4.33. The Morgan fingerprint density at radius 1 is 1.35 bits per heavy atom. The zero-order valence-corrected chi connectivity index (χ0v) is 13.7. The first-order chi connectivity index (χ1) is 9.49. The standard InChI is InChI=1S/C16H23ClN2S/c1-10(2)12-5-3-4-6-14(12)19-15-8-7-11(16(18)20)9-13(15)17/h7-10,12,14,19H,3-6H2,1-2H3,(H2,18,20).